The maximum atomic E-state index is 13.6. The molecule has 2 aliphatic heterocycles. The van der Waals surface area contributed by atoms with Gasteiger partial charge < -0.3 is 9.47 Å². The summed E-state index contributed by atoms with van der Waals surface area (Å²) < 4.78 is 25.6. The van der Waals surface area contributed by atoms with E-state index < -0.39 is 0 Å². The van der Waals surface area contributed by atoms with E-state index >= 15 is 0 Å². The highest BCUT2D eigenvalue weighted by atomic mass is 19.1. The second-order valence-corrected chi connectivity index (χ2v) is 7.25. The van der Waals surface area contributed by atoms with E-state index in [-0.39, 0.29) is 23.4 Å². The number of hydrogen-bond acceptors (Lipinski definition) is 4. The molecule has 3 heterocycles. The first-order chi connectivity index (χ1) is 12.1. The van der Waals surface area contributed by atoms with Gasteiger partial charge in [0.25, 0.3) is 0 Å². The Bertz CT molecular complexity index is 750. The minimum Gasteiger partial charge on any atom is -0.377 e. The van der Waals surface area contributed by atoms with E-state index in [1.165, 1.54) is 11.6 Å². The Morgan fingerprint density at radius 1 is 1.48 bits per heavy atom. The average Bonchev–Trinajstić information content (AvgIpc) is 3.29. The van der Waals surface area contributed by atoms with Gasteiger partial charge in [0.1, 0.15) is 11.4 Å². The monoisotopic (exact) mass is 345 g/mol. The fourth-order valence-corrected chi connectivity index (χ4v) is 4.24. The van der Waals surface area contributed by atoms with Gasteiger partial charge in [0.15, 0.2) is 0 Å². The number of likely N-dealkylation sites (tertiary alicyclic amines) is 1. The molecule has 0 aliphatic carbocycles. The van der Waals surface area contributed by atoms with E-state index in [0.29, 0.717) is 6.61 Å². The van der Waals surface area contributed by atoms with Gasteiger partial charge in [-0.1, -0.05) is 12.1 Å². The van der Waals surface area contributed by atoms with Crippen molar-refractivity contribution in [1.82, 2.24) is 15.1 Å². The van der Waals surface area contributed by atoms with Crippen LogP contribution in [-0.2, 0) is 16.0 Å². The molecule has 2 aromatic rings. The van der Waals surface area contributed by atoms with Crippen molar-refractivity contribution in [3.05, 3.63) is 53.1 Å². The van der Waals surface area contributed by atoms with Crippen molar-refractivity contribution in [2.75, 3.05) is 26.8 Å². The third-order valence-corrected chi connectivity index (χ3v) is 5.60. The molecule has 25 heavy (non-hydrogen) atoms. The number of nitrogens with one attached hydrogen (secondary N) is 1. The molecule has 0 unspecified atom stereocenters. The molecule has 1 aromatic carbocycles. The van der Waals surface area contributed by atoms with Crippen molar-refractivity contribution in [1.29, 1.82) is 0 Å². The number of aryl methyl sites for hydroxylation is 1. The van der Waals surface area contributed by atoms with E-state index in [1.54, 1.807) is 19.2 Å². The molecule has 0 saturated carbocycles. The summed E-state index contributed by atoms with van der Waals surface area (Å²) in [6.07, 6.45) is 2.77. The van der Waals surface area contributed by atoms with Gasteiger partial charge in [-0.2, -0.15) is 5.10 Å². The molecule has 3 atom stereocenters. The average molecular weight is 345 g/mol. The number of rotatable bonds is 4. The molecule has 2 saturated heterocycles. The molecular formula is C19H24FN3O2. The highest BCUT2D eigenvalue weighted by Crippen LogP contribution is 2.43. The lowest BCUT2D eigenvalue weighted by Gasteiger charge is -2.28. The highest BCUT2D eigenvalue weighted by molar-refractivity contribution is 5.24. The Morgan fingerprint density at radius 3 is 3.08 bits per heavy atom. The molecule has 1 N–H and O–H groups in total. The summed E-state index contributed by atoms with van der Waals surface area (Å²) in [5, 5.41) is 7.09. The van der Waals surface area contributed by atoms with Crippen molar-refractivity contribution in [3.8, 4) is 0 Å². The summed E-state index contributed by atoms with van der Waals surface area (Å²) >= 11 is 0. The lowest BCUT2D eigenvalue weighted by molar-refractivity contribution is -0.0757. The Kier molecular flexibility index (Phi) is 4.35. The van der Waals surface area contributed by atoms with E-state index in [0.717, 1.165) is 37.3 Å². The standard InChI is InChI=1S/C19H24FN3O2/c1-13-16(8-21-22-13)9-23-10-18(24-2)19(12-23)7-15(11-25-19)14-4-3-5-17(20)6-14/h3-6,8,15,18H,7,9-12H2,1-2H3,(H,21,22)/t15-,18+,19+/m0/s1. The topological polar surface area (TPSA) is 50.4 Å². The molecule has 1 aromatic heterocycles. The van der Waals surface area contributed by atoms with Crippen LogP contribution in [0.5, 0.6) is 0 Å². The van der Waals surface area contributed by atoms with Gasteiger partial charge in [0.2, 0.25) is 0 Å². The van der Waals surface area contributed by atoms with Gasteiger partial charge in [-0.3, -0.25) is 10.00 Å². The highest BCUT2D eigenvalue weighted by Gasteiger charge is 2.53. The predicted octanol–water partition coefficient (Wildman–Crippen LogP) is 2.63. The summed E-state index contributed by atoms with van der Waals surface area (Å²) in [5.41, 5.74) is 2.99. The summed E-state index contributed by atoms with van der Waals surface area (Å²) in [5.74, 6) is 0.0224. The molecule has 0 radical (unpaired) electrons. The SMILES string of the molecule is CO[C@@H]1CN(Cc2cn[nH]c2C)C[C@]12C[C@H](c1cccc(F)c1)CO2. The molecule has 2 aliphatic rings. The molecule has 6 heteroatoms. The number of benzene rings is 1. The van der Waals surface area contributed by atoms with Crippen molar-refractivity contribution in [2.45, 2.75) is 37.5 Å². The van der Waals surface area contributed by atoms with E-state index in [9.17, 15) is 4.39 Å². The van der Waals surface area contributed by atoms with Crippen molar-refractivity contribution < 1.29 is 13.9 Å². The summed E-state index contributed by atoms with van der Waals surface area (Å²) in [7, 11) is 1.75. The molecule has 1 spiro atoms. The lowest BCUT2D eigenvalue weighted by atomic mass is 9.87. The molecule has 0 bridgehead atoms. The normalized spacial score (nSPS) is 29.7. The van der Waals surface area contributed by atoms with Gasteiger partial charge in [-0.15, -0.1) is 0 Å². The number of ether oxygens (including phenoxy) is 2. The van der Waals surface area contributed by atoms with E-state index in [4.69, 9.17) is 9.47 Å². The smallest absolute Gasteiger partial charge is 0.123 e. The van der Waals surface area contributed by atoms with E-state index in [2.05, 4.69) is 15.1 Å². The van der Waals surface area contributed by atoms with Crippen molar-refractivity contribution >= 4 is 0 Å². The Labute approximate surface area is 147 Å². The number of halogens is 1. The minimum atomic E-state index is -0.316. The van der Waals surface area contributed by atoms with Gasteiger partial charge in [-0.05, 0) is 31.0 Å². The van der Waals surface area contributed by atoms with Crippen LogP contribution in [0.25, 0.3) is 0 Å². The molecular weight excluding hydrogens is 321 g/mol. The molecule has 0 amide bonds. The molecule has 2 fully saturated rings. The largest absolute Gasteiger partial charge is 0.377 e. The fraction of sp³-hybridized carbons (Fsp3) is 0.526. The number of H-pyrrole nitrogens is 1. The number of hydrogen-bond donors (Lipinski definition) is 1. The third kappa shape index (κ3) is 3.10. The first-order valence-corrected chi connectivity index (χ1v) is 8.73. The first kappa shape index (κ1) is 16.7. The fourth-order valence-electron chi connectivity index (χ4n) is 4.24. The maximum absolute atomic E-state index is 13.6. The van der Waals surface area contributed by atoms with Crippen LogP contribution in [0.3, 0.4) is 0 Å². The summed E-state index contributed by atoms with van der Waals surface area (Å²) in [4.78, 5) is 2.36. The zero-order chi connectivity index (χ0) is 17.4. The minimum absolute atomic E-state index is 0.0262. The van der Waals surface area contributed by atoms with Gasteiger partial charge >= 0.3 is 0 Å². The van der Waals surface area contributed by atoms with Gasteiger partial charge in [-0.25, -0.2) is 4.39 Å². The van der Waals surface area contributed by atoms with Crippen LogP contribution < -0.4 is 0 Å². The van der Waals surface area contributed by atoms with Gasteiger partial charge in [0.05, 0.1) is 18.9 Å². The zero-order valence-electron chi connectivity index (χ0n) is 14.7. The number of nitrogens with zero attached hydrogens (tertiary/aromatic N) is 2. The Balaban J connectivity index is 1.50. The number of methoxy groups -OCH3 is 1. The van der Waals surface area contributed by atoms with E-state index in [1.807, 2.05) is 19.2 Å². The third-order valence-electron chi connectivity index (χ3n) is 5.60. The maximum Gasteiger partial charge on any atom is 0.123 e. The first-order valence-electron chi connectivity index (χ1n) is 8.73. The summed E-state index contributed by atoms with van der Waals surface area (Å²) in [6.45, 7) is 5.13. The Morgan fingerprint density at radius 2 is 2.36 bits per heavy atom. The predicted molar refractivity (Wildman–Crippen MR) is 91.8 cm³/mol. The van der Waals surface area contributed by atoms with Crippen molar-refractivity contribution in [2.24, 2.45) is 0 Å². The second-order valence-electron chi connectivity index (χ2n) is 7.25. The van der Waals surface area contributed by atoms with Crippen molar-refractivity contribution in [3.63, 3.8) is 0 Å². The van der Waals surface area contributed by atoms with Crippen LogP contribution in [0.2, 0.25) is 0 Å². The van der Waals surface area contributed by atoms with Crippen LogP contribution in [0.15, 0.2) is 30.5 Å². The molecule has 134 valence electrons. The van der Waals surface area contributed by atoms with Crippen LogP contribution in [0, 0.1) is 12.7 Å². The zero-order valence-corrected chi connectivity index (χ0v) is 14.7. The lowest BCUT2D eigenvalue weighted by Crippen LogP contribution is -2.42. The number of aromatic amines is 1. The molecule has 4 rings (SSSR count). The summed E-state index contributed by atoms with van der Waals surface area (Å²) in [6, 6.07) is 6.86. The molecule has 5 nitrogen and oxygen atoms in total. The van der Waals surface area contributed by atoms with Crippen LogP contribution in [0.4, 0.5) is 4.39 Å². The van der Waals surface area contributed by atoms with Crippen LogP contribution in [0.1, 0.15) is 29.2 Å². The second kappa shape index (κ2) is 6.52. The quantitative estimate of drug-likeness (QED) is 0.926. The van der Waals surface area contributed by atoms with Crippen LogP contribution >= 0.6 is 0 Å². The van der Waals surface area contributed by atoms with Gasteiger partial charge in [0, 0.05) is 43.9 Å². The number of aromatic nitrogens is 2. The Hall–Kier alpha value is -1.76. The van der Waals surface area contributed by atoms with Crippen LogP contribution in [-0.4, -0.2) is 53.6 Å².